The minimum atomic E-state index is -0.179. The first kappa shape index (κ1) is 14.8. The number of hydrogen-bond acceptors (Lipinski definition) is 3. The first-order chi connectivity index (χ1) is 9.70. The molecule has 1 aliphatic heterocycles. The molecule has 5 nitrogen and oxygen atoms in total. The fraction of sp³-hybridized carbons (Fsp3) is 0.600. The van der Waals surface area contributed by atoms with Gasteiger partial charge < -0.3 is 15.2 Å². The Morgan fingerprint density at radius 2 is 2.10 bits per heavy atom. The number of nitrogens with zero attached hydrogens (tertiary/aromatic N) is 1. The molecule has 0 aliphatic carbocycles. The lowest BCUT2D eigenvalue weighted by atomic mass is 9.97. The number of aromatic nitrogens is 1. The SMILES string of the molecule is CCCN(CC1CCNCC1)C(=O)c1ccc(=O)[nH]c1. The van der Waals surface area contributed by atoms with Crippen LogP contribution in [-0.2, 0) is 0 Å². The third-order valence-electron chi connectivity index (χ3n) is 3.75. The van der Waals surface area contributed by atoms with E-state index >= 15 is 0 Å². The third kappa shape index (κ3) is 3.93. The van der Waals surface area contributed by atoms with Gasteiger partial charge in [-0.3, -0.25) is 9.59 Å². The zero-order valence-electron chi connectivity index (χ0n) is 12.0. The molecule has 2 heterocycles. The topological polar surface area (TPSA) is 65.2 Å². The van der Waals surface area contributed by atoms with E-state index in [0.29, 0.717) is 11.5 Å². The Balaban J connectivity index is 2.04. The summed E-state index contributed by atoms with van der Waals surface area (Å²) in [5, 5.41) is 3.34. The molecule has 0 saturated carbocycles. The number of H-pyrrole nitrogens is 1. The lowest BCUT2D eigenvalue weighted by molar-refractivity contribution is 0.0716. The average molecular weight is 277 g/mol. The maximum atomic E-state index is 12.5. The molecule has 1 aromatic heterocycles. The molecule has 0 atom stereocenters. The smallest absolute Gasteiger partial charge is 0.255 e. The first-order valence-electron chi connectivity index (χ1n) is 7.39. The van der Waals surface area contributed by atoms with Crippen LogP contribution in [0.2, 0.25) is 0 Å². The summed E-state index contributed by atoms with van der Waals surface area (Å²) in [6.07, 6.45) is 4.70. The normalized spacial score (nSPS) is 16.1. The van der Waals surface area contributed by atoms with E-state index in [9.17, 15) is 9.59 Å². The lowest BCUT2D eigenvalue weighted by Gasteiger charge is -2.30. The van der Waals surface area contributed by atoms with Crippen molar-refractivity contribution in [2.75, 3.05) is 26.2 Å². The molecule has 5 heteroatoms. The molecule has 1 aliphatic rings. The average Bonchev–Trinajstić information content (AvgIpc) is 2.48. The fourth-order valence-corrected chi connectivity index (χ4v) is 2.65. The summed E-state index contributed by atoms with van der Waals surface area (Å²) in [4.78, 5) is 28.1. The van der Waals surface area contributed by atoms with Crippen molar-refractivity contribution in [3.63, 3.8) is 0 Å². The summed E-state index contributed by atoms with van der Waals surface area (Å²) in [6, 6.07) is 3.01. The maximum absolute atomic E-state index is 12.5. The predicted octanol–water partition coefficient (Wildman–Crippen LogP) is 1.23. The number of nitrogens with one attached hydrogen (secondary N) is 2. The lowest BCUT2D eigenvalue weighted by Crippen LogP contribution is -2.39. The highest BCUT2D eigenvalue weighted by Crippen LogP contribution is 2.15. The van der Waals surface area contributed by atoms with Crippen molar-refractivity contribution < 1.29 is 4.79 Å². The van der Waals surface area contributed by atoms with E-state index in [2.05, 4.69) is 17.2 Å². The van der Waals surface area contributed by atoms with Gasteiger partial charge in [-0.25, -0.2) is 0 Å². The van der Waals surface area contributed by atoms with Gasteiger partial charge in [-0.05, 0) is 44.3 Å². The number of carbonyl (C=O) groups excluding carboxylic acids is 1. The monoisotopic (exact) mass is 277 g/mol. The second-order valence-electron chi connectivity index (χ2n) is 5.39. The minimum Gasteiger partial charge on any atom is -0.338 e. The van der Waals surface area contributed by atoms with E-state index < -0.39 is 0 Å². The van der Waals surface area contributed by atoms with Gasteiger partial charge in [0.25, 0.3) is 5.91 Å². The van der Waals surface area contributed by atoms with Crippen molar-refractivity contribution in [1.82, 2.24) is 15.2 Å². The summed E-state index contributed by atoms with van der Waals surface area (Å²) in [5.74, 6) is 0.594. The summed E-state index contributed by atoms with van der Waals surface area (Å²) >= 11 is 0. The Morgan fingerprint density at radius 1 is 1.35 bits per heavy atom. The van der Waals surface area contributed by atoms with E-state index in [1.807, 2.05) is 4.90 Å². The summed E-state index contributed by atoms with van der Waals surface area (Å²) in [7, 11) is 0. The van der Waals surface area contributed by atoms with Crippen molar-refractivity contribution in [2.24, 2.45) is 5.92 Å². The van der Waals surface area contributed by atoms with Gasteiger partial charge in [-0.1, -0.05) is 6.92 Å². The second kappa shape index (κ2) is 7.24. The zero-order chi connectivity index (χ0) is 14.4. The highest BCUT2D eigenvalue weighted by molar-refractivity contribution is 5.93. The molecule has 0 unspecified atom stereocenters. The van der Waals surface area contributed by atoms with Crippen LogP contribution < -0.4 is 10.9 Å². The van der Waals surface area contributed by atoms with E-state index in [4.69, 9.17) is 0 Å². The number of piperidine rings is 1. The Bertz CT molecular complexity index is 472. The summed E-state index contributed by atoms with van der Waals surface area (Å²) < 4.78 is 0. The largest absolute Gasteiger partial charge is 0.338 e. The third-order valence-corrected chi connectivity index (χ3v) is 3.75. The molecule has 0 spiro atoms. The van der Waals surface area contributed by atoms with Crippen LogP contribution in [0.5, 0.6) is 0 Å². The Morgan fingerprint density at radius 3 is 2.70 bits per heavy atom. The minimum absolute atomic E-state index is 0.0154. The molecule has 0 bridgehead atoms. The predicted molar refractivity (Wildman–Crippen MR) is 78.9 cm³/mol. The molecule has 0 aromatic carbocycles. The first-order valence-corrected chi connectivity index (χ1v) is 7.39. The molecule has 1 amide bonds. The molecule has 2 N–H and O–H groups in total. The van der Waals surface area contributed by atoms with Gasteiger partial charge in [-0.15, -0.1) is 0 Å². The second-order valence-corrected chi connectivity index (χ2v) is 5.39. The van der Waals surface area contributed by atoms with Crippen molar-refractivity contribution in [3.8, 4) is 0 Å². The molecule has 1 aromatic rings. The van der Waals surface area contributed by atoms with Crippen LogP contribution in [0.3, 0.4) is 0 Å². The standard InChI is InChI=1S/C15H23N3O2/c1-2-9-18(11-12-5-7-16-8-6-12)15(20)13-3-4-14(19)17-10-13/h3-4,10,12,16H,2,5-9,11H2,1H3,(H,17,19). The van der Waals surface area contributed by atoms with Gasteiger partial charge in [0.1, 0.15) is 0 Å². The van der Waals surface area contributed by atoms with Crippen molar-refractivity contribution in [3.05, 3.63) is 34.2 Å². The summed E-state index contributed by atoms with van der Waals surface area (Å²) in [5.41, 5.74) is 0.383. The molecule has 110 valence electrons. The van der Waals surface area contributed by atoms with Crippen LogP contribution in [0.4, 0.5) is 0 Å². The number of hydrogen-bond donors (Lipinski definition) is 2. The van der Waals surface area contributed by atoms with Gasteiger partial charge in [0.2, 0.25) is 5.56 Å². The van der Waals surface area contributed by atoms with Crippen LogP contribution in [0.25, 0.3) is 0 Å². The highest BCUT2D eigenvalue weighted by atomic mass is 16.2. The molecule has 1 fully saturated rings. The number of rotatable bonds is 5. The zero-order valence-corrected chi connectivity index (χ0v) is 12.0. The van der Waals surface area contributed by atoms with Crippen LogP contribution >= 0.6 is 0 Å². The number of carbonyl (C=O) groups is 1. The van der Waals surface area contributed by atoms with Gasteiger partial charge in [0, 0.05) is 25.4 Å². The Hall–Kier alpha value is -1.62. The summed E-state index contributed by atoms with van der Waals surface area (Å²) in [6.45, 7) is 5.74. The molecule has 0 radical (unpaired) electrons. The highest BCUT2D eigenvalue weighted by Gasteiger charge is 2.21. The van der Waals surface area contributed by atoms with Crippen molar-refractivity contribution >= 4 is 5.91 Å². The molecule has 1 saturated heterocycles. The van der Waals surface area contributed by atoms with Crippen molar-refractivity contribution in [1.29, 1.82) is 0 Å². The van der Waals surface area contributed by atoms with E-state index in [-0.39, 0.29) is 11.5 Å². The van der Waals surface area contributed by atoms with Crippen LogP contribution in [-0.4, -0.2) is 42.0 Å². The van der Waals surface area contributed by atoms with Crippen LogP contribution in [0.1, 0.15) is 36.5 Å². The van der Waals surface area contributed by atoms with Gasteiger partial charge in [-0.2, -0.15) is 0 Å². The number of amides is 1. The maximum Gasteiger partial charge on any atom is 0.255 e. The van der Waals surface area contributed by atoms with E-state index in [1.54, 1.807) is 6.07 Å². The fourth-order valence-electron chi connectivity index (χ4n) is 2.65. The van der Waals surface area contributed by atoms with Gasteiger partial charge >= 0.3 is 0 Å². The molecular formula is C15H23N3O2. The Labute approximate surface area is 119 Å². The molecule has 2 rings (SSSR count). The number of pyridine rings is 1. The molecule has 20 heavy (non-hydrogen) atoms. The van der Waals surface area contributed by atoms with Crippen molar-refractivity contribution in [2.45, 2.75) is 26.2 Å². The molecular weight excluding hydrogens is 254 g/mol. The van der Waals surface area contributed by atoms with Crippen LogP contribution in [0, 0.1) is 5.92 Å². The van der Waals surface area contributed by atoms with Gasteiger partial charge in [0.15, 0.2) is 0 Å². The van der Waals surface area contributed by atoms with Crippen LogP contribution in [0.15, 0.2) is 23.1 Å². The van der Waals surface area contributed by atoms with E-state index in [1.165, 1.54) is 12.3 Å². The quantitative estimate of drug-likeness (QED) is 0.850. The number of aromatic amines is 1. The Kier molecular flexibility index (Phi) is 5.35. The van der Waals surface area contributed by atoms with E-state index in [0.717, 1.165) is 45.4 Å². The van der Waals surface area contributed by atoms with Gasteiger partial charge in [0.05, 0.1) is 5.56 Å².